The number of nitrogens with one attached hydrogen (secondary N) is 1. The summed E-state index contributed by atoms with van der Waals surface area (Å²) in [5.74, 6) is -0.686. The molecule has 134 valence electrons. The van der Waals surface area contributed by atoms with Crippen molar-refractivity contribution < 1.29 is 19.1 Å². The zero-order valence-electron chi connectivity index (χ0n) is 15.2. The Balaban J connectivity index is 4.60. The van der Waals surface area contributed by atoms with Gasteiger partial charge in [-0.3, -0.25) is 10.2 Å². The van der Waals surface area contributed by atoms with Gasteiger partial charge < -0.3 is 9.47 Å². The Morgan fingerprint density at radius 2 is 1.62 bits per heavy atom. The van der Waals surface area contributed by atoms with Gasteiger partial charge in [-0.15, -0.1) is 0 Å². The van der Waals surface area contributed by atoms with Gasteiger partial charge in [0.05, 0.1) is 12.1 Å². The second-order valence-electron chi connectivity index (χ2n) is 7.11. The number of rotatable bonds is 6. The molecule has 0 rings (SSSR count). The Morgan fingerprint density at radius 1 is 1.08 bits per heavy atom. The summed E-state index contributed by atoms with van der Waals surface area (Å²) >= 11 is 0. The number of hydrogen-bond acceptors (Lipinski definition) is 7. The van der Waals surface area contributed by atoms with Crippen molar-refractivity contribution in [1.29, 1.82) is 10.5 Å². The summed E-state index contributed by atoms with van der Waals surface area (Å²) in [5.41, 5.74) is -1.37. The minimum absolute atomic E-state index is 0.115. The molecule has 0 aliphatic rings. The zero-order valence-corrected chi connectivity index (χ0v) is 15.2. The van der Waals surface area contributed by atoms with Gasteiger partial charge in [0.15, 0.2) is 6.04 Å². The van der Waals surface area contributed by atoms with E-state index < -0.39 is 29.3 Å². The van der Waals surface area contributed by atoms with Crippen LogP contribution in [0.1, 0.15) is 41.5 Å². The van der Waals surface area contributed by atoms with Gasteiger partial charge in [0.1, 0.15) is 17.7 Å². The van der Waals surface area contributed by atoms with E-state index in [1.165, 1.54) is 4.90 Å². The molecule has 0 heterocycles. The van der Waals surface area contributed by atoms with Crippen LogP contribution in [-0.2, 0) is 14.3 Å². The molecule has 1 atom stereocenters. The van der Waals surface area contributed by atoms with E-state index in [1.807, 2.05) is 12.1 Å². The van der Waals surface area contributed by atoms with Crippen LogP contribution in [0.5, 0.6) is 0 Å². The fraction of sp³-hybridized carbons (Fsp3) is 0.750. The lowest BCUT2D eigenvalue weighted by atomic mass is 10.2. The van der Waals surface area contributed by atoms with Crippen LogP contribution in [0.4, 0.5) is 4.79 Å². The maximum Gasteiger partial charge on any atom is 0.411 e. The van der Waals surface area contributed by atoms with Gasteiger partial charge in [-0.2, -0.15) is 10.5 Å². The third kappa shape index (κ3) is 9.65. The van der Waals surface area contributed by atoms with Crippen LogP contribution < -0.4 is 5.32 Å². The number of ether oxygens (including phenoxy) is 2. The van der Waals surface area contributed by atoms with Crippen molar-refractivity contribution in [1.82, 2.24) is 10.2 Å². The molecular formula is C16H26N4O4. The smallest absolute Gasteiger partial charge is 0.411 e. The molecule has 24 heavy (non-hydrogen) atoms. The highest BCUT2D eigenvalue weighted by Gasteiger charge is 2.26. The van der Waals surface area contributed by atoms with Gasteiger partial charge in [-0.25, -0.2) is 9.59 Å². The zero-order chi connectivity index (χ0) is 19.0. The fourth-order valence-electron chi connectivity index (χ4n) is 1.53. The molecule has 0 aliphatic carbocycles. The number of nitrogens with zero attached hydrogens (tertiary/aromatic N) is 3. The molecule has 0 saturated heterocycles. The topological polar surface area (TPSA) is 115 Å². The van der Waals surface area contributed by atoms with Crippen molar-refractivity contribution in [3.8, 4) is 12.1 Å². The normalized spacial score (nSPS) is 12.5. The van der Waals surface area contributed by atoms with Crippen LogP contribution in [0, 0.1) is 22.7 Å². The molecule has 0 aromatic carbocycles. The highest BCUT2D eigenvalue weighted by Crippen LogP contribution is 2.10. The van der Waals surface area contributed by atoms with E-state index in [-0.39, 0.29) is 19.6 Å². The van der Waals surface area contributed by atoms with Gasteiger partial charge >= 0.3 is 12.1 Å². The Kier molecular flexibility index (Phi) is 8.21. The van der Waals surface area contributed by atoms with E-state index in [4.69, 9.17) is 20.0 Å². The van der Waals surface area contributed by atoms with Gasteiger partial charge in [-0.1, -0.05) is 0 Å². The first-order chi connectivity index (χ1) is 10.9. The minimum atomic E-state index is -1.15. The van der Waals surface area contributed by atoms with E-state index in [2.05, 4.69) is 5.32 Å². The molecule has 1 N–H and O–H groups in total. The van der Waals surface area contributed by atoms with E-state index in [0.29, 0.717) is 0 Å². The highest BCUT2D eigenvalue weighted by molar-refractivity contribution is 5.79. The highest BCUT2D eigenvalue weighted by atomic mass is 16.6. The van der Waals surface area contributed by atoms with Crippen LogP contribution in [0.3, 0.4) is 0 Å². The Labute approximate surface area is 143 Å². The molecule has 0 radical (unpaired) electrons. The van der Waals surface area contributed by atoms with Crippen molar-refractivity contribution in [2.45, 2.75) is 58.8 Å². The lowest BCUT2D eigenvalue weighted by molar-refractivity contribution is -0.155. The third-order valence-corrected chi connectivity index (χ3v) is 2.42. The molecule has 8 heteroatoms. The average molecular weight is 338 g/mol. The second kappa shape index (κ2) is 9.09. The summed E-state index contributed by atoms with van der Waals surface area (Å²) in [6.07, 6.45) is -0.628. The molecule has 0 saturated carbocycles. The predicted octanol–water partition coefficient (Wildman–Crippen LogP) is 1.57. The molecule has 0 spiro atoms. The van der Waals surface area contributed by atoms with Crippen molar-refractivity contribution in [2.75, 3.05) is 19.6 Å². The maximum absolute atomic E-state index is 12.0. The first kappa shape index (κ1) is 21.7. The van der Waals surface area contributed by atoms with Crippen LogP contribution in [0.2, 0.25) is 0 Å². The lowest BCUT2D eigenvalue weighted by Gasteiger charge is -2.26. The molecule has 1 unspecified atom stereocenters. The van der Waals surface area contributed by atoms with E-state index in [9.17, 15) is 9.59 Å². The predicted molar refractivity (Wildman–Crippen MR) is 86.7 cm³/mol. The summed E-state index contributed by atoms with van der Waals surface area (Å²) in [6.45, 7) is 10.4. The van der Waals surface area contributed by atoms with E-state index in [1.54, 1.807) is 41.5 Å². The van der Waals surface area contributed by atoms with E-state index >= 15 is 0 Å². The van der Waals surface area contributed by atoms with Crippen LogP contribution >= 0.6 is 0 Å². The minimum Gasteiger partial charge on any atom is -0.458 e. The van der Waals surface area contributed by atoms with Crippen molar-refractivity contribution in [3.05, 3.63) is 0 Å². The number of carbonyl (C=O) groups is 2. The Hall–Kier alpha value is -2.32. The first-order valence-electron chi connectivity index (χ1n) is 7.60. The quantitative estimate of drug-likeness (QED) is 0.577. The van der Waals surface area contributed by atoms with E-state index in [0.717, 1.165) is 0 Å². The third-order valence-electron chi connectivity index (χ3n) is 2.42. The summed E-state index contributed by atoms with van der Waals surface area (Å²) in [7, 11) is 0. The number of amides is 1. The van der Waals surface area contributed by atoms with Gasteiger partial charge in [0.2, 0.25) is 0 Å². The summed E-state index contributed by atoms with van der Waals surface area (Å²) < 4.78 is 10.3. The first-order valence-corrected chi connectivity index (χ1v) is 7.60. The van der Waals surface area contributed by atoms with Crippen molar-refractivity contribution >= 4 is 12.1 Å². The Morgan fingerprint density at radius 3 is 2.04 bits per heavy atom. The molecule has 0 bridgehead atoms. The average Bonchev–Trinajstić information content (AvgIpc) is 2.38. The largest absolute Gasteiger partial charge is 0.458 e. The Bertz CT molecular complexity index is 520. The van der Waals surface area contributed by atoms with Crippen LogP contribution in [-0.4, -0.2) is 53.8 Å². The number of hydrogen-bond donors (Lipinski definition) is 1. The van der Waals surface area contributed by atoms with Crippen molar-refractivity contribution in [3.63, 3.8) is 0 Å². The summed E-state index contributed by atoms with van der Waals surface area (Å²) in [5, 5.41) is 20.6. The van der Waals surface area contributed by atoms with Gasteiger partial charge in [-0.05, 0) is 41.5 Å². The molecule has 0 aromatic heterocycles. The molecule has 8 nitrogen and oxygen atoms in total. The maximum atomic E-state index is 12.0. The van der Waals surface area contributed by atoms with Crippen LogP contribution in [0.15, 0.2) is 0 Å². The van der Waals surface area contributed by atoms with Crippen LogP contribution in [0.25, 0.3) is 0 Å². The van der Waals surface area contributed by atoms with Gasteiger partial charge in [0, 0.05) is 13.1 Å². The summed E-state index contributed by atoms with van der Waals surface area (Å²) in [6, 6.07) is 2.55. The van der Waals surface area contributed by atoms with Crippen molar-refractivity contribution in [2.24, 2.45) is 0 Å². The number of carbonyl (C=O) groups excluding carboxylic acids is 2. The number of nitriles is 2. The molecule has 1 amide bonds. The lowest BCUT2D eigenvalue weighted by Crippen LogP contribution is -2.45. The SMILES string of the molecule is CC(C)(C)OC(=O)C(C#N)NCCN(CC#N)C(=O)OC(C)(C)C. The standard InChI is InChI=1S/C16H26N4O4/c1-15(2,3)23-13(21)12(11-18)19-8-10-20(9-7-17)14(22)24-16(4,5)6/h12,19H,8-10H2,1-6H3. The molecule has 0 aromatic rings. The molecule has 0 fully saturated rings. The van der Waals surface area contributed by atoms with Gasteiger partial charge in [0.25, 0.3) is 0 Å². The monoisotopic (exact) mass is 338 g/mol. The second-order valence-corrected chi connectivity index (χ2v) is 7.11. The molecular weight excluding hydrogens is 312 g/mol. The fourth-order valence-corrected chi connectivity index (χ4v) is 1.53. The number of esters is 1. The molecule has 0 aliphatic heterocycles. The summed E-state index contributed by atoms with van der Waals surface area (Å²) in [4.78, 5) is 25.0.